The third kappa shape index (κ3) is 7.00. The molecule has 0 bridgehead atoms. The van der Waals surface area contributed by atoms with Gasteiger partial charge in [0.1, 0.15) is 17.6 Å². The van der Waals surface area contributed by atoms with E-state index in [0.717, 1.165) is 41.0 Å². The number of morpholine rings is 1. The molecule has 9 heteroatoms. The number of aliphatic carboxylic acids is 1. The highest BCUT2D eigenvalue weighted by molar-refractivity contribution is 5.67. The third-order valence-electron chi connectivity index (χ3n) is 6.52. The van der Waals surface area contributed by atoms with Crippen molar-refractivity contribution in [3.05, 3.63) is 95.2 Å². The highest BCUT2D eigenvalue weighted by atomic mass is 16.5. The largest absolute Gasteiger partial charge is 0.481 e. The van der Waals surface area contributed by atoms with Gasteiger partial charge in [-0.2, -0.15) is 0 Å². The maximum absolute atomic E-state index is 11.0. The van der Waals surface area contributed by atoms with Gasteiger partial charge in [-0.05, 0) is 48.9 Å². The van der Waals surface area contributed by atoms with Crippen LogP contribution in [0.25, 0.3) is 11.3 Å². The molecule has 2 atom stereocenters. The first-order chi connectivity index (χ1) is 18.9. The SMILES string of the molecule is CC(O)c1nccn1Cc1cc(-c2ccc(C#Cc3ccc(CN4CCOC(CC(=O)O)C4)cc3)cc2)on1. The lowest BCUT2D eigenvalue weighted by Crippen LogP contribution is -2.42. The molecule has 1 aliphatic rings. The van der Waals surface area contributed by atoms with Crippen molar-refractivity contribution in [2.45, 2.75) is 38.6 Å². The Morgan fingerprint density at radius 1 is 1.10 bits per heavy atom. The molecule has 1 saturated heterocycles. The second kappa shape index (κ2) is 12.1. The molecule has 2 aromatic heterocycles. The van der Waals surface area contributed by atoms with E-state index in [4.69, 9.17) is 14.4 Å². The van der Waals surface area contributed by atoms with Crippen LogP contribution in [-0.2, 0) is 22.6 Å². The molecule has 5 rings (SSSR count). The Hall–Kier alpha value is -4.23. The molecule has 200 valence electrons. The van der Waals surface area contributed by atoms with Crippen LogP contribution in [0.3, 0.4) is 0 Å². The van der Waals surface area contributed by atoms with Gasteiger partial charge in [0.25, 0.3) is 0 Å². The predicted molar refractivity (Wildman–Crippen MR) is 144 cm³/mol. The molecule has 2 unspecified atom stereocenters. The molecular weight excluding hydrogens is 496 g/mol. The summed E-state index contributed by atoms with van der Waals surface area (Å²) in [4.78, 5) is 17.4. The number of nitrogens with zero attached hydrogens (tertiary/aromatic N) is 4. The van der Waals surface area contributed by atoms with Crippen molar-refractivity contribution in [1.29, 1.82) is 0 Å². The van der Waals surface area contributed by atoms with Crippen LogP contribution in [-0.4, -0.2) is 61.6 Å². The molecule has 0 saturated carbocycles. The average Bonchev–Trinajstić information content (AvgIpc) is 3.59. The van der Waals surface area contributed by atoms with E-state index in [9.17, 15) is 9.90 Å². The van der Waals surface area contributed by atoms with Crippen LogP contribution < -0.4 is 0 Å². The minimum absolute atomic E-state index is 0.0311. The topological polar surface area (TPSA) is 114 Å². The maximum Gasteiger partial charge on any atom is 0.306 e. The summed E-state index contributed by atoms with van der Waals surface area (Å²) < 4.78 is 12.9. The van der Waals surface area contributed by atoms with Crippen LogP contribution in [0.1, 0.15) is 47.7 Å². The Morgan fingerprint density at radius 3 is 2.51 bits per heavy atom. The molecule has 0 amide bonds. The molecule has 1 fully saturated rings. The number of ether oxygens (including phenoxy) is 1. The molecule has 0 spiro atoms. The minimum atomic E-state index is -0.833. The normalized spacial score (nSPS) is 16.4. The van der Waals surface area contributed by atoms with Gasteiger partial charge >= 0.3 is 5.97 Å². The summed E-state index contributed by atoms with van der Waals surface area (Å²) in [6.45, 7) is 4.85. The number of hydrogen-bond acceptors (Lipinski definition) is 7. The second-order valence-electron chi connectivity index (χ2n) is 9.62. The van der Waals surface area contributed by atoms with Gasteiger partial charge < -0.3 is 24.0 Å². The number of carboxylic acid groups (broad SMARTS) is 1. The van der Waals surface area contributed by atoms with Gasteiger partial charge in [0.15, 0.2) is 5.76 Å². The molecule has 1 aliphatic heterocycles. The highest BCUT2D eigenvalue weighted by Gasteiger charge is 2.22. The lowest BCUT2D eigenvalue weighted by atomic mass is 10.1. The van der Waals surface area contributed by atoms with Crippen LogP contribution in [0, 0.1) is 11.8 Å². The summed E-state index contributed by atoms with van der Waals surface area (Å²) in [6, 6.07) is 17.8. The van der Waals surface area contributed by atoms with Gasteiger partial charge in [0, 0.05) is 54.8 Å². The molecule has 2 aromatic carbocycles. The Balaban J connectivity index is 1.17. The summed E-state index contributed by atoms with van der Waals surface area (Å²) >= 11 is 0. The number of rotatable bonds is 8. The highest BCUT2D eigenvalue weighted by Crippen LogP contribution is 2.22. The van der Waals surface area contributed by atoms with Gasteiger partial charge in [0.05, 0.1) is 25.7 Å². The van der Waals surface area contributed by atoms with E-state index in [1.807, 2.05) is 47.0 Å². The fourth-order valence-corrected chi connectivity index (χ4v) is 4.58. The molecule has 0 radical (unpaired) electrons. The molecule has 39 heavy (non-hydrogen) atoms. The van der Waals surface area contributed by atoms with Crippen molar-refractivity contribution in [2.24, 2.45) is 0 Å². The summed E-state index contributed by atoms with van der Waals surface area (Å²) in [5, 5.41) is 23.0. The van der Waals surface area contributed by atoms with E-state index >= 15 is 0 Å². The maximum atomic E-state index is 11.0. The Labute approximate surface area is 226 Å². The zero-order valence-electron chi connectivity index (χ0n) is 21.7. The number of aliphatic hydroxyl groups excluding tert-OH is 1. The van der Waals surface area contributed by atoms with Crippen molar-refractivity contribution in [3.8, 4) is 23.2 Å². The lowest BCUT2D eigenvalue weighted by Gasteiger charge is -2.32. The second-order valence-corrected chi connectivity index (χ2v) is 9.62. The molecule has 4 aromatic rings. The third-order valence-corrected chi connectivity index (χ3v) is 6.52. The van der Waals surface area contributed by atoms with Crippen molar-refractivity contribution in [3.63, 3.8) is 0 Å². The zero-order valence-corrected chi connectivity index (χ0v) is 21.7. The van der Waals surface area contributed by atoms with Crippen LogP contribution in [0.4, 0.5) is 0 Å². The zero-order chi connectivity index (χ0) is 27.2. The van der Waals surface area contributed by atoms with Crippen LogP contribution >= 0.6 is 0 Å². The van der Waals surface area contributed by atoms with Gasteiger partial charge in [-0.3, -0.25) is 9.69 Å². The van der Waals surface area contributed by atoms with Gasteiger partial charge in [0.2, 0.25) is 0 Å². The first kappa shape index (κ1) is 26.4. The van der Waals surface area contributed by atoms with Crippen LogP contribution in [0.2, 0.25) is 0 Å². The van der Waals surface area contributed by atoms with E-state index < -0.39 is 12.1 Å². The van der Waals surface area contributed by atoms with Gasteiger partial charge in [-0.1, -0.05) is 29.1 Å². The summed E-state index contributed by atoms with van der Waals surface area (Å²) in [5.74, 6) is 6.82. The van der Waals surface area contributed by atoms with Crippen LogP contribution in [0.15, 0.2) is 71.5 Å². The van der Waals surface area contributed by atoms with Gasteiger partial charge in [-0.15, -0.1) is 0 Å². The van der Waals surface area contributed by atoms with E-state index in [2.05, 4.69) is 39.0 Å². The summed E-state index contributed by atoms with van der Waals surface area (Å²) in [7, 11) is 0. The molecule has 3 heterocycles. The number of benzene rings is 2. The average molecular weight is 527 g/mol. The molecule has 9 nitrogen and oxygen atoms in total. The fourth-order valence-electron chi connectivity index (χ4n) is 4.58. The number of hydrogen-bond donors (Lipinski definition) is 2. The quantitative estimate of drug-likeness (QED) is 0.334. The molecule has 2 N–H and O–H groups in total. The Bertz CT molecular complexity index is 1460. The first-order valence-corrected chi connectivity index (χ1v) is 12.8. The standard InChI is InChI=1S/C30H30N4O5/c1-21(35)30-31-12-13-34(30)19-26-16-28(39-32-26)25-10-8-23(9-11-25)3-2-22-4-6-24(7-5-22)18-33-14-15-38-27(20-33)17-29(36)37/h4-13,16,21,27,35H,14-15,17-20H2,1H3,(H,36,37). The van der Waals surface area contributed by atoms with E-state index in [0.29, 0.717) is 31.3 Å². The fraction of sp³-hybridized carbons (Fsp3) is 0.300. The van der Waals surface area contributed by atoms with Crippen molar-refractivity contribution in [2.75, 3.05) is 19.7 Å². The number of aliphatic hydroxyl groups is 1. The molecule has 0 aliphatic carbocycles. The number of imidazole rings is 1. The lowest BCUT2D eigenvalue weighted by molar-refractivity contribution is -0.142. The van der Waals surface area contributed by atoms with Crippen molar-refractivity contribution >= 4 is 5.97 Å². The smallest absolute Gasteiger partial charge is 0.306 e. The van der Waals surface area contributed by atoms with Crippen molar-refractivity contribution in [1.82, 2.24) is 19.6 Å². The number of carboxylic acids is 1. The monoisotopic (exact) mass is 526 g/mol. The van der Waals surface area contributed by atoms with Gasteiger partial charge in [-0.25, -0.2) is 4.98 Å². The number of carbonyl (C=O) groups is 1. The van der Waals surface area contributed by atoms with E-state index in [1.54, 1.807) is 19.3 Å². The summed E-state index contributed by atoms with van der Waals surface area (Å²) in [5.41, 5.74) is 4.61. The predicted octanol–water partition coefficient (Wildman–Crippen LogP) is 3.72. The van der Waals surface area contributed by atoms with E-state index in [1.165, 1.54) is 0 Å². The number of aromatic nitrogens is 3. The summed E-state index contributed by atoms with van der Waals surface area (Å²) in [6.07, 6.45) is 2.57. The first-order valence-electron chi connectivity index (χ1n) is 12.8. The van der Waals surface area contributed by atoms with Crippen LogP contribution in [0.5, 0.6) is 0 Å². The minimum Gasteiger partial charge on any atom is -0.481 e. The Morgan fingerprint density at radius 2 is 1.82 bits per heavy atom. The molecular formula is C30H30N4O5. The Kier molecular flexibility index (Phi) is 8.18. The van der Waals surface area contributed by atoms with E-state index in [-0.39, 0.29) is 12.5 Å². The van der Waals surface area contributed by atoms with Crippen molar-refractivity contribution < 1.29 is 24.3 Å².